The van der Waals surface area contributed by atoms with Crippen LogP contribution in [0, 0.1) is 5.92 Å². The average molecular weight is 318 g/mol. The molecule has 0 spiro atoms. The van der Waals surface area contributed by atoms with Gasteiger partial charge in [0.2, 0.25) is 0 Å². The average Bonchev–Trinajstić information content (AvgIpc) is 3.17. The van der Waals surface area contributed by atoms with Gasteiger partial charge < -0.3 is 20.1 Å². The maximum Gasteiger partial charge on any atom is 0.407 e. The van der Waals surface area contributed by atoms with E-state index in [0.717, 1.165) is 12.2 Å². The number of benzene rings is 1. The van der Waals surface area contributed by atoms with Crippen LogP contribution in [0.15, 0.2) is 24.3 Å². The van der Waals surface area contributed by atoms with Crippen LogP contribution in [-0.2, 0) is 4.74 Å². The second-order valence-electron chi connectivity index (χ2n) is 7.57. The summed E-state index contributed by atoms with van der Waals surface area (Å²) in [6.07, 6.45) is 0.595. The number of hydrogen-bond acceptors (Lipinski definition) is 4. The molecule has 126 valence electrons. The van der Waals surface area contributed by atoms with E-state index in [0.29, 0.717) is 18.6 Å². The van der Waals surface area contributed by atoms with Crippen molar-refractivity contribution in [2.24, 2.45) is 5.92 Å². The Kier molecular flexibility index (Phi) is 4.23. The van der Waals surface area contributed by atoms with Gasteiger partial charge in [-0.2, -0.15) is 0 Å². The molecule has 1 aliphatic heterocycles. The zero-order valence-corrected chi connectivity index (χ0v) is 14.3. The SMILES string of the molecule is CC1COc2ccccc2C1NC1CC1NC(=O)OC(C)(C)C. The summed E-state index contributed by atoms with van der Waals surface area (Å²) < 4.78 is 11.1. The summed E-state index contributed by atoms with van der Waals surface area (Å²) in [5.41, 5.74) is 0.741. The topological polar surface area (TPSA) is 59.6 Å². The minimum absolute atomic E-state index is 0.145. The van der Waals surface area contributed by atoms with E-state index in [1.807, 2.05) is 39.0 Å². The number of carbonyl (C=O) groups excluding carboxylic acids is 1. The predicted molar refractivity (Wildman–Crippen MR) is 88.5 cm³/mol. The van der Waals surface area contributed by atoms with Crippen LogP contribution in [0.2, 0.25) is 0 Å². The number of amides is 1. The zero-order chi connectivity index (χ0) is 16.6. The largest absolute Gasteiger partial charge is 0.493 e. The Morgan fingerprint density at radius 3 is 2.74 bits per heavy atom. The van der Waals surface area contributed by atoms with Crippen molar-refractivity contribution in [3.63, 3.8) is 0 Å². The Bertz CT molecular complexity index is 582. The third-order valence-corrected chi connectivity index (χ3v) is 4.21. The van der Waals surface area contributed by atoms with E-state index in [1.165, 1.54) is 5.56 Å². The molecule has 1 aromatic carbocycles. The van der Waals surface area contributed by atoms with Gasteiger partial charge in [0.15, 0.2) is 0 Å². The van der Waals surface area contributed by atoms with Crippen molar-refractivity contribution in [3.05, 3.63) is 29.8 Å². The zero-order valence-electron chi connectivity index (χ0n) is 14.3. The van der Waals surface area contributed by atoms with E-state index in [9.17, 15) is 4.79 Å². The first-order chi connectivity index (χ1) is 10.8. The first kappa shape index (κ1) is 16.1. The van der Waals surface area contributed by atoms with E-state index in [1.54, 1.807) is 0 Å². The summed E-state index contributed by atoms with van der Waals surface area (Å²) in [4.78, 5) is 11.8. The van der Waals surface area contributed by atoms with E-state index in [4.69, 9.17) is 9.47 Å². The lowest BCUT2D eigenvalue weighted by molar-refractivity contribution is 0.0521. The molecule has 1 aliphatic carbocycles. The van der Waals surface area contributed by atoms with E-state index in [2.05, 4.69) is 23.6 Å². The molecule has 1 aromatic rings. The number of nitrogens with one attached hydrogen (secondary N) is 2. The van der Waals surface area contributed by atoms with Gasteiger partial charge in [0.1, 0.15) is 11.4 Å². The molecule has 0 bridgehead atoms. The van der Waals surface area contributed by atoms with Crippen LogP contribution in [0.5, 0.6) is 5.75 Å². The first-order valence-electron chi connectivity index (χ1n) is 8.31. The molecule has 1 heterocycles. The summed E-state index contributed by atoms with van der Waals surface area (Å²) >= 11 is 0. The highest BCUT2D eigenvalue weighted by molar-refractivity contribution is 5.68. The first-order valence-corrected chi connectivity index (χ1v) is 8.31. The number of rotatable bonds is 3. The van der Waals surface area contributed by atoms with Gasteiger partial charge in [-0.1, -0.05) is 25.1 Å². The van der Waals surface area contributed by atoms with Crippen molar-refractivity contribution in [2.75, 3.05) is 6.61 Å². The molecule has 1 fully saturated rings. The molecule has 2 N–H and O–H groups in total. The van der Waals surface area contributed by atoms with Gasteiger partial charge in [0, 0.05) is 29.6 Å². The molecule has 4 atom stereocenters. The summed E-state index contributed by atoms with van der Waals surface area (Å²) in [5, 5.41) is 6.60. The van der Waals surface area contributed by atoms with Crippen molar-refractivity contribution >= 4 is 6.09 Å². The highest BCUT2D eigenvalue weighted by Gasteiger charge is 2.42. The lowest BCUT2D eigenvalue weighted by Gasteiger charge is -2.32. The minimum Gasteiger partial charge on any atom is -0.493 e. The fourth-order valence-electron chi connectivity index (χ4n) is 2.98. The predicted octanol–water partition coefficient (Wildman–Crippen LogP) is 3.01. The van der Waals surface area contributed by atoms with Crippen LogP contribution < -0.4 is 15.4 Å². The second kappa shape index (κ2) is 6.04. The maximum absolute atomic E-state index is 11.8. The molecule has 0 radical (unpaired) electrons. The molecule has 5 heteroatoms. The third-order valence-electron chi connectivity index (χ3n) is 4.21. The summed E-state index contributed by atoms with van der Waals surface area (Å²) in [5.74, 6) is 1.35. The van der Waals surface area contributed by atoms with Crippen LogP contribution in [-0.4, -0.2) is 30.4 Å². The van der Waals surface area contributed by atoms with E-state index < -0.39 is 5.60 Å². The van der Waals surface area contributed by atoms with Gasteiger partial charge in [0.25, 0.3) is 0 Å². The van der Waals surface area contributed by atoms with Crippen molar-refractivity contribution < 1.29 is 14.3 Å². The molecule has 5 nitrogen and oxygen atoms in total. The fourth-order valence-corrected chi connectivity index (χ4v) is 2.98. The number of hydrogen-bond donors (Lipinski definition) is 2. The quantitative estimate of drug-likeness (QED) is 0.899. The molecule has 0 aromatic heterocycles. The minimum atomic E-state index is -0.462. The van der Waals surface area contributed by atoms with Gasteiger partial charge in [-0.15, -0.1) is 0 Å². The number of carbonyl (C=O) groups is 1. The molecule has 3 rings (SSSR count). The molecule has 0 saturated heterocycles. The lowest BCUT2D eigenvalue weighted by Crippen LogP contribution is -2.40. The van der Waals surface area contributed by atoms with E-state index in [-0.39, 0.29) is 18.2 Å². The summed E-state index contributed by atoms with van der Waals surface area (Å²) in [6, 6.07) is 8.86. The molecular weight excluding hydrogens is 292 g/mol. The number of alkyl carbamates (subject to hydrolysis) is 1. The number of para-hydroxylation sites is 1. The third kappa shape index (κ3) is 3.96. The van der Waals surface area contributed by atoms with Crippen LogP contribution in [0.25, 0.3) is 0 Å². The molecular formula is C18H26N2O3. The van der Waals surface area contributed by atoms with Gasteiger partial charge in [-0.25, -0.2) is 4.79 Å². The Morgan fingerprint density at radius 2 is 2.00 bits per heavy atom. The summed E-state index contributed by atoms with van der Waals surface area (Å²) in [6.45, 7) is 8.51. The van der Waals surface area contributed by atoms with Gasteiger partial charge in [-0.05, 0) is 33.3 Å². The smallest absolute Gasteiger partial charge is 0.407 e. The molecule has 23 heavy (non-hydrogen) atoms. The summed E-state index contributed by atoms with van der Waals surface area (Å²) in [7, 11) is 0. The maximum atomic E-state index is 11.8. The number of ether oxygens (including phenoxy) is 2. The van der Waals surface area contributed by atoms with Crippen molar-refractivity contribution in [1.29, 1.82) is 0 Å². The Morgan fingerprint density at radius 1 is 1.26 bits per heavy atom. The molecule has 1 saturated carbocycles. The number of fused-ring (bicyclic) bond motifs is 1. The Labute approximate surface area is 137 Å². The normalized spacial score (nSPS) is 29.2. The van der Waals surface area contributed by atoms with Gasteiger partial charge >= 0.3 is 6.09 Å². The van der Waals surface area contributed by atoms with Crippen LogP contribution >= 0.6 is 0 Å². The van der Waals surface area contributed by atoms with Crippen molar-refractivity contribution in [1.82, 2.24) is 10.6 Å². The van der Waals surface area contributed by atoms with Crippen LogP contribution in [0.1, 0.15) is 45.7 Å². The van der Waals surface area contributed by atoms with Gasteiger partial charge in [-0.3, -0.25) is 0 Å². The lowest BCUT2D eigenvalue weighted by atomic mass is 9.92. The monoisotopic (exact) mass is 318 g/mol. The molecule has 4 unspecified atom stereocenters. The Hall–Kier alpha value is -1.75. The van der Waals surface area contributed by atoms with Crippen molar-refractivity contribution in [2.45, 2.75) is 57.8 Å². The molecule has 2 aliphatic rings. The van der Waals surface area contributed by atoms with Crippen LogP contribution in [0.3, 0.4) is 0 Å². The highest BCUT2D eigenvalue weighted by atomic mass is 16.6. The second-order valence-corrected chi connectivity index (χ2v) is 7.57. The highest BCUT2D eigenvalue weighted by Crippen LogP contribution is 2.37. The standard InChI is InChI=1S/C18H26N2O3/c1-11-10-22-15-8-6-5-7-12(15)16(11)19-13-9-14(13)20-17(21)23-18(2,3)4/h5-8,11,13-14,16,19H,9-10H2,1-4H3,(H,20,21). The molecule has 1 amide bonds. The fraction of sp³-hybridized carbons (Fsp3) is 0.611. The van der Waals surface area contributed by atoms with E-state index >= 15 is 0 Å². The van der Waals surface area contributed by atoms with Crippen molar-refractivity contribution in [3.8, 4) is 5.75 Å². The van der Waals surface area contributed by atoms with Crippen LogP contribution in [0.4, 0.5) is 4.79 Å². The van der Waals surface area contributed by atoms with Gasteiger partial charge in [0.05, 0.1) is 6.61 Å². The Balaban J connectivity index is 1.56.